The zero-order chi connectivity index (χ0) is 16.7. The molecule has 1 aliphatic heterocycles. The first-order chi connectivity index (χ1) is 11.1. The molecular formula is C18H29N3O2. The van der Waals surface area contributed by atoms with Crippen molar-refractivity contribution in [1.82, 2.24) is 10.2 Å². The number of anilines is 1. The van der Waals surface area contributed by atoms with E-state index in [9.17, 15) is 9.90 Å². The van der Waals surface area contributed by atoms with Crippen molar-refractivity contribution < 1.29 is 9.90 Å². The molecular weight excluding hydrogens is 290 g/mol. The first-order valence-corrected chi connectivity index (χ1v) is 8.59. The fraction of sp³-hybridized carbons (Fsp3) is 0.611. The Morgan fingerprint density at radius 3 is 3.00 bits per heavy atom. The van der Waals surface area contributed by atoms with Crippen molar-refractivity contribution in [1.29, 1.82) is 0 Å². The number of carbonyl (C=O) groups excluding carboxylic acids is 1. The van der Waals surface area contributed by atoms with Gasteiger partial charge in [0.2, 0.25) is 0 Å². The molecule has 1 unspecified atom stereocenters. The summed E-state index contributed by atoms with van der Waals surface area (Å²) in [6, 6.07) is 8.42. The predicted octanol–water partition coefficient (Wildman–Crippen LogP) is 2.24. The number of benzene rings is 1. The number of carbonyl (C=O) groups is 1. The quantitative estimate of drug-likeness (QED) is 0.845. The molecule has 0 aromatic heterocycles. The Kier molecular flexibility index (Phi) is 6.71. The summed E-state index contributed by atoms with van der Waals surface area (Å²) in [7, 11) is 0. The Bertz CT molecular complexity index is 507. The fourth-order valence-corrected chi connectivity index (χ4v) is 3.10. The molecule has 1 saturated heterocycles. The number of nitrogens with one attached hydrogen (secondary N) is 1. The molecule has 2 N–H and O–H groups in total. The van der Waals surface area contributed by atoms with Crippen LogP contribution < -0.4 is 10.2 Å². The van der Waals surface area contributed by atoms with Crippen LogP contribution in [0.5, 0.6) is 0 Å². The monoisotopic (exact) mass is 319 g/mol. The van der Waals surface area contributed by atoms with Crippen LogP contribution in [0.4, 0.5) is 10.5 Å². The largest absolute Gasteiger partial charge is 0.396 e. The van der Waals surface area contributed by atoms with Crippen molar-refractivity contribution >= 4 is 11.7 Å². The van der Waals surface area contributed by atoms with Gasteiger partial charge in [0.05, 0.1) is 0 Å². The van der Waals surface area contributed by atoms with E-state index in [1.165, 1.54) is 11.3 Å². The van der Waals surface area contributed by atoms with Crippen LogP contribution in [0.15, 0.2) is 24.3 Å². The van der Waals surface area contributed by atoms with Crippen LogP contribution >= 0.6 is 0 Å². The maximum absolute atomic E-state index is 12.2. The number of aliphatic hydroxyl groups is 1. The number of nitrogens with zero attached hydrogens (tertiary/aromatic N) is 2. The van der Waals surface area contributed by atoms with Crippen LogP contribution in [-0.2, 0) is 0 Å². The van der Waals surface area contributed by atoms with E-state index in [0.717, 1.165) is 32.5 Å². The summed E-state index contributed by atoms with van der Waals surface area (Å²) in [4.78, 5) is 16.3. The Hall–Kier alpha value is -1.75. The Balaban J connectivity index is 1.79. The summed E-state index contributed by atoms with van der Waals surface area (Å²) in [5, 5.41) is 12.3. The highest BCUT2D eigenvalue weighted by Crippen LogP contribution is 2.16. The molecule has 1 atom stereocenters. The summed E-state index contributed by atoms with van der Waals surface area (Å²) in [5.41, 5.74) is 2.44. The summed E-state index contributed by atoms with van der Waals surface area (Å²) >= 11 is 0. The van der Waals surface area contributed by atoms with Gasteiger partial charge in [0.15, 0.2) is 0 Å². The lowest BCUT2D eigenvalue weighted by atomic mass is 9.99. The molecule has 23 heavy (non-hydrogen) atoms. The van der Waals surface area contributed by atoms with Crippen LogP contribution in [0.25, 0.3) is 0 Å². The minimum atomic E-state index is -0.0107. The lowest BCUT2D eigenvalue weighted by molar-refractivity contribution is 0.130. The standard InChI is InChI=1S/C18H29N3O2/c1-3-20(17-8-4-6-15(2)12-17)11-9-19-18(23)21-10-5-7-16(13-21)14-22/h4,6,8,12,16,22H,3,5,7,9-11,13-14H2,1-2H3,(H,19,23). The highest BCUT2D eigenvalue weighted by molar-refractivity contribution is 5.74. The molecule has 0 bridgehead atoms. The predicted molar refractivity (Wildman–Crippen MR) is 93.8 cm³/mol. The fourth-order valence-electron chi connectivity index (χ4n) is 3.10. The van der Waals surface area contributed by atoms with E-state index in [-0.39, 0.29) is 18.6 Å². The van der Waals surface area contributed by atoms with Gasteiger partial charge in [-0.3, -0.25) is 0 Å². The van der Waals surface area contributed by atoms with Crippen molar-refractivity contribution in [2.75, 3.05) is 44.2 Å². The molecule has 0 saturated carbocycles. The van der Waals surface area contributed by atoms with Crippen molar-refractivity contribution in [3.63, 3.8) is 0 Å². The third-order valence-electron chi connectivity index (χ3n) is 4.47. The van der Waals surface area contributed by atoms with Crippen LogP contribution in [0.3, 0.4) is 0 Å². The molecule has 1 aromatic carbocycles. The van der Waals surface area contributed by atoms with Crippen molar-refractivity contribution in [2.45, 2.75) is 26.7 Å². The molecule has 2 rings (SSSR count). The van der Waals surface area contributed by atoms with E-state index in [1.807, 2.05) is 4.90 Å². The van der Waals surface area contributed by atoms with Gasteiger partial charge < -0.3 is 20.2 Å². The second-order valence-electron chi connectivity index (χ2n) is 6.29. The smallest absolute Gasteiger partial charge is 0.317 e. The molecule has 1 aromatic rings. The van der Waals surface area contributed by atoms with E-state index in [4.69, 9.17) is 0 Å². The summed E-state index contributed by atoms with van der Waals surface area (Å²) in [6.45, 7) is 8.17. The number of aliphatic hydroxyl groups excluding tert-OH is 1. The second kappa shape index (κ2) is 8.77. The number of hydrogen-bond acceptors (Lipinski definition) is 3. The van der Waals surface area contributed by atoms with Gasteiger partial charge >= 0.3 is 6.03 Å². The minimum absolute atomic E-state index is 0.0107. The number of likely N-dealkylation sites (N-methyl/N-ethyl adjacent to an activating group) is 1. The number of hydrogen-bond donors (Lipinski definition) is 2. The average Bonchev–Trinajstić information content (AvgIpc) is 2.58. The van der Waals surface area contributed by atoms with Gasteiger partial charge in [0.1, 0.15) is 0 Å². The maximum Gasteiger partial charge on any atom is 0.317 e. The summed E-state index contributed by atoms with van der Waals surface area (Å²) < 4.78 is 0. The van der Waals surface area contributed by atoms with Crippen molar-refractivity contribution in [3.8, 4) is 0 Å². The molecule has 1 fully saturated rings. The first-order valence-electron chi connectivity index (χ1n) is 8.59. The van der Waals surface area contributed by atoms with E-state index < -0.39 is 0 Å². The molecule has 0 aliphatic carbocycles. The van der Waals surface area contributed by atoms with Crippen LogP contribution in [0.2, 0.25) is 0 Å². The van der Waals surface area contributed by atoms with Crippen LogP contribution in [0.1, 0.15) is 25.3 Å². The third-order valence-corrected chi connectivity index (χ3v) is 4.47. The minimum Gasteiger partial charge on any atom is -0.396 e. The number of rotatable bonds is 6. The zero-order valence-corrected chi connectivity index (χ0v) is 14.3. The number of likely N-dealkylation sites (tertiary alicyclic amines) is 1. The molecule has 0 radical (unpaired) electrons. The van der Waals surface area contributed by atoms with Crippen LogP contribution in [-0.4, -0.2) is 55.4 Å². The number of piperidine rings is 1. The molecule has 128 valence electrons. The van der Waals surface area contributed by atoms with Gasteiger partial charge in [-0.2, -0.15) is 0 Å². The highest BCUT2D eigenvalue weighted by atomic mass is 16.3. The second-order valence-corrected chi connectivity index (χ2v) is 6.29. The van der Waals surface area contributed by atoms with E-state index in [1.54, 1.807) is 0 Å². The van der Waals surface area contributed by atoms with Crippen molar-refractivity contribution in [3.05, 3.63) is 29.8 Å². The van der Waals surface area contributed by atoms with Gasteiger partial charge in [-0.05, 0) is 50.3 Å². The summed E-state index contributed by atoms with van der Waals surface area (Å²) in [6.07, 6.45) is 1.99. The Morgan fingerprint density at radius 2 is 2.30 bits per heavy atom. The average molecular weight is 319 g/mol. The van der Waals surface area contributed by atoms with E-state index >= 15 is 0 Å². The van der Waals surface area contributed by atoms with Crippen LogP contribution in [0, 0.1) is 12.8 Å². The van der Waals surface area contributed by atoms with E-state index in [0.29, 0.717) is 13.1 Å². The van der Waals surface area contributed by atoms with Gasteiger partial charge in [0.25, 0.3) is 0 Å². The topological polar surface area (TPSA) is 55.8 Å². The van der Waals surface area contributed by atoms with Crippen molar-refractivity contribution in [2.24, 2.45) is 5.92 Å². The zero-order valence-electron chi connectivity index (χ0n) is 14.3. The molecule has 5 heteroatoms. The normalized spacial score (nSPS) is 17.9. The molecule has 2 amide bonds. The first kappa shape index (κ1) is 17.6. The number of urea groups is 1. The molecule has 5 nitrogen and oxygen atoms in total. The lowest BCUT2D eigenvalue weighted by Gasteiger charge is -2.32. The van der Waals surface area contributed by atoms with Gasteiger partial charge in [-0.25, -0.2) is 4.79 Å². The van der Waals surface area contributed by atoms with Gasteiger partial charge in [-0.15, -0.1) is 0 Å². The SMILES string of the molecule is CCN(CCNC(=O)N1CCCC(CO)C1)c1cccc(C)c1. The molecule has 1 heterocycles. The van der Waals surface area contributed by atoms with E-state index in [2.05, 4.69) is 48.3 Å². The third kappa shape index (κ3) is 5.13. The van der Waals surface area contributed by atoms with Gasteiger partial charge in [0, 0.05) is 45.0 Å². The number of amides is 2. The summed E-state index contributed by atoms with van der Waals surface area (Å²) in [5.74, 6) is 0.230. The Labute approximate surface area is 139 Å². The molecule has 0 spiro atoms. The molecule has 1 aliphatic rings. The highest BCUT2D eigenvalue weighted by Gasteiger charge is 2.22. The van der Waals surface area contributed by atoms with Gasteiger partial charge in [-0.1, -0.05) is 12.1 Å². The maximum atomic E-state index is 12.2. The Morgan fingerprint density at radius 1 is 1.48 bits per heavy atom. The lowest BCUT2D eigenvalue weighted by Crippen LogP contribution is -2.47. The number of aryl methyl sites for hydroxylation is 1.